The number of rotatable bonds is 0. The smallest absolute Gasteiger partial charge is 0.759 e. The number of hydrogen-bond donors (Lipinski definition) is 0. The predicted octanol–water partition coefficient (Wildman–Crippen LogP) is -1.34. The molecular weight excluding hydrogens is 309 g/mol. The summed E-state index contributed by atoms with van der Waals surface area (Å²) < 4.78 is 34.1. The first-order valence-corrected chi connectivity index (χ1v) is 2.00. The van der Waals surface area contributed by atoms with E-state index in [2.05, 4.69) is 0 Å². The first kappa shape index (κ1) is 15.7. The summed E-state index contributed by atoms with van der Waals surface area (Å²) in [6, 6.07) is 0. The van der Waals surface area contributed by atoms with Crippen LogP contribution in [-0.4, -0.2) is 17.5 Å². The van der Waals surface area contributed by atoms with Gasteiger partial charge >= 0.3 is 20.4 Å². The molecule has 7 heavy (non-hydrogen) atoms. The van der Waals surface area contributed by atoms with Crippen LogP contribution in [0.15, 0.2) is 0 Å². The van der Waals surface area contributed by atoms with Gasteiger partial charge in [0.25, 0.3) is 0 Å². The van der Waals surface area contributed by atoms with Crippen LogP contribution in [0.5, 0.6) is 0 Å². The van der Waals surface area contributed by atoms with Gasteiger partial charge in [0.1, 0.15) is 0 Å². The molecule has 0 spiro atoms. The number of hydrogen-bond acceptors (Lipinski definition) is 4. The molecule has 0 aromatic rings. The normalized spacial score (nSPS) is 8.29. The first-order chi connectivity index (χ1) is 2.00. The zero-order valence-electron chi connectivity index (χ0n) is 2.67. The van der Waals surface area contributed by atoms with Gasteiger partial charge in [-0.3, -0.25) is 8.42 Å². The van der Waals surface area contributed by atoms with Crippen LogP contribution >= 0.6 is 0 Å². The molecule has 0 aliphatic carbocycles. The van der Waals surface area contributed by atoms with Crippen LogP contribution in [0.4, 0.5) is 0 Å². The summed E-state index contributed by atoms with van der Waals surface area (Å²) in [6.45, 7) is 0. The maximum absolute atomic E-state index is 8.52. The summed E-state index contributed by atoms with van der Waals surface area (Å²) in [6.07, 6.45) is 0. The van der Waals surface area contributed by atoms with Crippen molar-refractivity contribution in [2.45, 2.75) is 0 Å². The Balaban J connectivity index is -0.0000000800. The summed E-state index contributed by atoms with van der Waals surface area (Å²) in [5.74, 6) is 0. The van der Waals surface area contributed by atoms with Crippen molar-refractivity contribution in [1.29, 1.82) is 0 Å². The second-order valence-electron chi connectivity index (χ2n) is 0.408. The van der Waals surface area contributed by atoms with Crippen LogP contribution in [0.1, 0.15) is 0 Å². The van der Waals surface area contributed by atoms with Gasteiger partial charge in [-0.25, -0.2) is 0 Å². The van der Waals surface area contributed by atoms with Gasteiger partial charge in [-0.2, -0.15) is 0 Å². The third kappa shape index (κ3) is 136. The Morgan fingerprint density at radius 2 is 1.14 bits per heavy atom. The molecule has 0 unspecified atom stereocenters. The summed E-state index contributed by atoms with van der Waals surface area (Å²) >= 11 is 0. The fraction of sp³-hybridized carbons (Fsp3) is 0. The molecule has 0 fully saturated rings. The minimum absolute atomic E-state index is 0. The molecule has 0 amide bonds. The molecule has 0 saturated heterocycles. The van der Waals surface area contributed by atoms with E-state index in [0.29, 0.717) is 0 Å². The van der Waals surface area contributed by atoms with Crippen molar-refractivity contribution in [3.63, 3.8) is 0 Å². The van der Waals surface area contributed by atoms with E-state index in [9.17, 15) is 0 Å². The van der Waals surface area contributed by atoms with Crippen molar-refractivity contribution < 1.29 is 58.4 Å². The Kier molecular flexibility index (Phi) is 12.0. The van der Waals surface area contributed by atoms with E-state index in [-0.39, 0.29) is 40.8 Å². The van der Waals surface area contributed by atoms with Gasteiger partial charge in [-0.05, 0) is 0 Å². The Hall–Kier alpha value is 1.19. The maximum atomic E-state index is 8.52. The molecule has 0 N–H and O–H groups in total. The van der Waals surface area contributed by atoms with Crippen LogP contribution in [0.3, 0.4) is 0 Å². The summed E-state index contributed by atoms with van der Waals surface area (Å²) in [7, 11) is -5.17. The molecule has 7 heteroatoms. The van der Waals surface area contributed by atoms with Crippen molar-refractivity contribution in [2.24, 2.45) is 0 Å². The minimum Gasteiger partial charge on any atom is -0.759 e. The maximum Gasteiger partial charge on any atom is 2.00 e. The van der Waals surface area contributed by atoms with Gasteiger partial charge in [0.15, 0.2) is 0 Å². The first-order valence-electron chi connectivity index (χ1n) is 0.667. The molecule has 0 saturated carbocycles. The van der Waals surface area contributed by atoms with Gasteiger partial charge in [0.05, 0.1) is 0 Å². The average molecular weight is 309 g/mol. The molecule has 0 bridgehead atoms. The van der Waals surface area contributed by atoms with E-state index in [1.54, 1.807) is 0 Å². The van der Waals surface area contributed by atoms with Crippen molar-refractivity contribution >= 4 is 10.4 Å². The Labute approximate surface area is 68.6 Å². The van der Waals surface area contributed by atoms with Crippen molar-refractivity contribution in [3.05, 3.63) is 0 Å². The van der Waals surface area contributed by atoms with Gasteiger partial charge in [0, 0.05) is 30.8 Å². The van der Waals surface area contributed by atoms with Crippen LogP contribution in [0.2, 0.25) is 0 Å². The van der Waals surface area contributed by atoms with E-state index < -0.39 is 10.4 Å². The standard InChI is InChI=1S/H2O4S.2Pd/c1-5(2,3)4;;/h(H2,1,2,3,4);;/q;;+2/p-2. The van der Waals surface area contributed by atoms with Crippen LogP contribution in [-0.2, 0) is 51.2 Å². The molecule has 0 heterocycles. The average Bonchev–Trinajstić information content (AvgIpc) is 0.722. The zero-order chi connectivity index (χ0) is 4.50. The summed E-state index contributed by atoms with van der Waals surface area (Å²) in [5, 5.41) is 0. The minimum atomic E-state index is -5.17. The van der Waals surface area contributed by atoms with E-state index >= 15 is 0 Å². The predicted molar refractivity (Wildman–Crippen MR) is 10.5 cm³/mol. The molecule has 0 aliphatic heterocycles. The fourth-order valence-corrected chi connectivity index (χ4v) is 0. The molecule has 0 atom stereocenters. The largest absolute Gasteiger partial charge is 2.00 e. The topological polar surface area (TPSA) is 80.3 Å². The molecule has 4 nitrogen and oxygen atoms in total. The van der Waals surface area contributed by atoms with Crippen LogP contribution in [0, 0.1) is 0 Å². The molecule has 0 radical (unpaired) electrons. The van der Waals surface area contributed by atoms with Crippen molar-refractivity contribution in [3.8, 4) is 0 Å². The monoisotopic (exact) mass is 308 g/mol. The van der Waals surface area contributed by atoms with Crippen molar-refractivity contribution in [2.75, 3.05) is 0 Å². The van der Waals surface area contributed by atoms with E-state index in [4.69, 9.17) is 17.5 Å². The third-order valence-electron chi connectivity index (χ3n) is 0. The second-order valence-corrected chi connectivity index (χ2v) is 1.22. The quantitative estimate of drug-likeness (QED) is 0.315. The Morgan fingerprint density at radius 1 is 1.14 bits per heavy atom. The SMILES string of the molecule is O=S(=O)([O-])[O-].[Pd+2].[Pd]. The van der Waals surface area contributed by atoms with E-state index in [0.717, 1.165) is 0 Å². The summed E-state index contributed by atoms with van der Waals surface area (Å²) in [4.78, 5) is 0. The molecule has 50 valence electrons. The van der Waals surface area contributed by atoms with Crippen LogP contribution in [0.25, 0.3) is 0 Å². The molecular formula is O4Pd2S. The van der Waals surface area contributed by atoms with Crippen molar-refractivity contribution in [1.82, 2.24) is 0 Å². The summed E-state index contributed by atoms with van der Waals surface area (Å²) in [5.41, 5.74) is 0. The van der Waals surface area contributed by atoms with E-state index in [1.807, 2.05) is 0 Å². The third-order valence-corrected chi connectivity index (χ3v) is 0. The van der Waals surface area contributed by atoms with Crippen LogP contribution < -0.4 is 0 Å². The van der Waals surface area contributed by atoms with Gasteiger partial charge in [0.2, 0.25) is 0 Å². The Morgan fingerprint density at radius 3 is 1.14 bits per heavy atom. The zero-order valence-corrected chi connectivity index (χ0v) is 6.60. The van der Waals surface area contributed by atoms with Gasteiger partial charge in [-0.15, -0.1) is 0 Å². The van der Waals surface area contributed by atoms with Gasteiger partial charge in [-0.1, -0.05) is 0 Å². The van der Waals surface area contributed by atoms with Gasteiger partial charge < -0.3 is 9.11 Å². The molecule has 0 aromatic carbocycles. The second kappa shape index (κ2) is 5.33. The fourth-order valence-electron chi connectivity index (χ4n) is 0. The Bertz CT molecular complexity index is 92.9. The molecule has 0 rings (SSSR count). The molecule has 0 aliphatic rings. The van der Waals surface area contributed by atoms with E-state index in [1.165, 1.54) is 0 Å². The molecule has 0 aromatic heterocycles.